The number of thioether (sulfide) groups is 1. The molecule has 2 aromatic heterocycles. The molecule has 59 heavy (non-hydrogen) atoms. The summed E-state index contributed by atoms with van der Waals surface area (Å²) >= 11 is 1.12. The number of nitrogen functional groups attached to an aromatic ring is 1. The number of aliphatic hydroxyl groups excluding tert-OH is 2. The summed E-state index contributed by atoms with van der Waals surface area (Å²) in [7, 11) is -16.4. The van der Waals surface area contributed by atoms with Crippen LogP contribution in [0.25, 0.3) is 11.2 Å². The number of allylic oxidation sites excluding steroid dienone is 2. The Balaban J connectivity index is 1.43. The number of amides is 2. The van der Waals surface area contributed by atoms with Crippen molar-refractivity contribution in [1.29, 1.82) is 0 Å². The Bertz CT molecular complexity index is 1910. The number of fused-ring (bicyclic) bond motifs is 1. The third-order valence-electron chi connectivity index (χ3n) is 8.29. The fraction of sp³-hybridized carbons (Fsp3) is 0.677. The maximum Gasteiger partial charge on any atom is 0.481 e. The van der Waals surface area contributed by atoms with E-state index in [0.717, 1.165) is 48.2 Å². The molecule has 28 heteroatoms. The van der Waals surface area contributed by atoms with Gasteiger partial charge in [0, 0.05) is 37.1 Å². The first-order valence-corrected chi connectivity index (χ1v) is 23.6. The number of carbonyl (C=O) groups excluding carboxylic acids is 3. The van der Waals surface area contributed by atoms with Crippen molar-refractivity contribution in [1.82, 2.24) is 30.2 Å². The van der Waals surface area contributed by atoms with Crippen LogP contribution in [0.4, 0.5) is 5.82 Å². The van der Waals surface area contributed by atoms with Gasteiger partial charge in [0.2, 0.25) is 11.8 Å². The molecule has 1 saturated heterocycles. The number of nitrogens with two attached hydrogens (primary N) is 1. The lowest BCUT2D eigenvalue weighted by molar-refractivity contribution is -0.137. The summed E-state index contributed by atoms with van der Waals surface area (Å²) < 4.78 is 62.2. The Morgan fingerprint density at radius 1 is 1.03 bits per heavy atom. The number of imidazole rings is 1. The minimum Gasteiger partial charge on any atom is -0.386 e. The van der Waals surface area contributed by atoms with Crippen LogP contribution in [0.15, 0.2) is 24.8 Å². The van der Waals surface area contributed by atoms with Gasteiger partial charge in [-0.15, -0.1) is 0 Å². The molecule has 0 aromatic carbocycles. The van der Waals surface area contributed by atoms with Gasteiger partial charge in [-0.1, -0.05) is 51.6 Å². The number of rotatable bonds is 25. The van der Waals surface area contributed by atoms with E-state index in [-0.39, 0.29) is 41.6 Å². The van der Waals surface area contributed by atoms with Crippen LogP contribution in [-0.2, 0) is 50.7 Å². The molecule has 0 saturated carbocycles. The molecule has 7 atom stereocenters. The van der Waals surface area contributed by atoms with Gasteiger partial charge in [-0.05, 0) is 25.2 Å². The molecule has 1 aliphatic rings. The van der Waals surface area contributed by atoms with E-state index in [9.17, 15) is 57.9 Å². The van der Waals surface area contributed by atoms with Gasteiger partial charge in [0.15, 0.2) is 22.8 Å². The smallest absolute Gasteiger partial charge is 0.386 e. The zero-order chi connectivity index (χ0) is 44.2. The average Bonchev–Trinajstić information content (AvgIpc) is 3.69. The summed E-state index contributed by atoms with van der Waals surface area (Å²) in [6.45, 7) is 4.72. The van der Waals surface area contributed by atoms with E-state index < -0.39 is 84.6 Å². The monoisotopic (exact) mass is 919 g/mol. The van der Waals surface area contributed by atoms with Crippen LogP contribution >= 0.6 is 35.2 Å². The van der Waals surface area contributed by atoms with Crippen LogP contribution in [-0.4, -0.2) is 123 Å². The summed E-state index contributed by atoms with van der Waals surface area (Å²) in [4.78, 5) is 87.8. The number of hydrogen-bond donors (Lipinski definition) is 9. The number of hydrogen-bond acceptors (Lipinski definition) is 18. The molecule has 0 aliphatic carbocycles. The lowest BCUT2D eigenvalue weighted by Gasteiger charge is -2.30. The van der Waals surface area contributed by atoms with Crippen molar-refractivity contribution in [3.8, 4) is 0 Å². The lowest BCUT2D eigenvalue weighted by Crippen LogP contribution is -2.46. The van der Waals surface area contributed by atoms with E-state index in [2.05, 4.69) is 60.4 Å². The highest BCUT2D eigenvalue weighted by Gasteiger charge is 2.50. The molecule has 0 radical (unpaired) electrons. The van der Waals surface area contributed by atoms with Crippen LogP contribution in [0.2, 0.25) is 0 Å². The van der Waals surface area contributed by atoms with Crippen molar-refractivity contribution in [2.75, 3.05) is 37.8 Å². The first kappa shape index (κ1) is 50.7. The fourth-order valence-electron chi connectivity index (χ4n) is 5.27. The van der Waals surface area contributed by atoms with Crippen molar-refractivity contribution in [3.63, 3.8) is 0 Å². The Kier molecular flexibility index (Phi) is 19.2. The van der Waals surface area contributed by atoms with Gasteiger partial charge in [-0.3, -0.25) is 32.5 Å². The molecule has 1 fully saturated rings. The molecular weight excluding hydrogens is 867 g/mol. The van der Waals surface area contributed by atoms with Crippen LogP contribution in [0, 0.1) is 11.3 Å². The highest BCUT2D eigenvalue weighted by atomic mass is 32.2. The summed E-state index contributed by atoms with van der Waals surface area (Å²) in [5.74, 6) is -0.573. The van der Waals surface area contributed by atoms with E-state index in [1.54, 1.807) is 0 Å². The van der Waals surface area contributed by atoms with Crippen LogP contribution < -0.4 is 16.4 Å². The highest BCUT2D eigenvalue weighted by molar-refractivity contribution is 8.13. The molecule has 10 N–H and O–H groups in total. The van der Waals surface area contributed by atoms with Gasteiger partial charge in [0.05, 0.1) is 19.5 Å². The third-order valence-corrected chi connectivity index (χ3v) is 12.3. The van der Waals surface area contributed by atoms with Crippen LogP contribution in [0.5, 0.6) is 0 Å². The topological polar surface area (TPSA) is 364 Å². The molecule has 1 aliphatic heterocycles. The van der Waals surface area contributed by atoms with Gasteiger partial charge < -0.3 is 50.9 Å². The molecular formula is C31H52N7O17P3S. The number of anilines is 1. The van der Waals surface area contributed by atoms with Crippen molar-refractivity contribution in [2.45, 2.75) is 90.4 Å². The molecule has 3 heterocycles. The second-order valence-electron chi connectivity index (χ2n) is 14.2. The van der Waals surface area contributed by atoms with Gasteiger partial charge in [0.1, 0.15) is 36.3 Å². The normalized spacial score (nSPS) is 21.4. The largest absolute Gasteiger partial charge is 0.481 e. The van der Waals surface area contributed by atoms with Gasteiger partial charge in [-0.25, -0.2) is 28.6 Å². The second kappa shape index (κ2) is 22.4. The van der Waals surface area contributed by atoms with Crippen LogP contribution in [0.1, 0.15) is 66.0 Å². The number of phosphoric acid groups is 3. The van der Waals surface area contributed by atoms with Crippen molar-refractivity contribution in [2.24, 2.45) is 11.3 Å². The molecule has 0 bridgehead atoms. The van der Waals surface area contributed by atoms with Crippen molar-refractivity contribution >= 4 is 69.1 Å². The third kappa shape index (κ3) is 16.9. The Labute approximate surface area is 343 Å². The minimum absolute atomic E-state index is 0.0314. The second-order valence-corrected chi connectivity index (χ2v) is 19.6. The van der Waals surface area contributed by atoms with Gasteiger partial charge >= 0.3 is 23.5 Å². The van der Waals surface area contributed by atoms with E-state index in [1.807, 2.05) is 0 Å². The maximum atomic E-state index is 12.7. The summed E-state index contributed by atoms with van der Waals surface area (Å²) in [5, 5.41) is 26.5. The van der Waals surface area contributed by atoms with E-state index in [0.29, 0.717) is 18.1 Å². The van der Waals surface area contributed by atoms with Crippen molar-refractivity contribution < 1.29 is 80.5 Å². The molecule has 2 unspecified atom stereocenters. The lowest BCUT2D eigenvalue weighted by atomic mass is 9.87. The fourth-order valence-corrected chi connectivity index (χ4v) is 8.82. The summed E-state index contributed by atoms with van der Waals surface area (Å²) in [6, 6.07) is 0. The molecule has 2 aromatic rings. The number of ether oxygens (including phenoxy) is 1. The molecule has 0 spiro atoms. The van der Waals surface area contributed by atoms with Gasteiger partial charge in [0.25, 0.3) is 0 Å². The number of nitrogens with zero attached hydrogens (tertiary/aromatic N) is 4. The molecule has 2 amide bonds. The predicted molar refractivity (Wildman–Crippen MR) is 210 cm³/mol. The number of aliphatic hydroxyl groups is 2. The Morgan fingerprint density at radius 2 is 1.73 bits per heavy atom. The van der Waals surface area contributed by atoms with Gasteiger partial charge in [-0.2, -0.15) is 4.31 Å². The van der Waals surface area contributed by atoms with Crippen molar-refractivity contribution in [3.05, 3.63) is 24.8 Å². The zero-order valence-corrected chi connectivity index (χ0v) is 36.1. The Hall–Kier alpha value is -2.70. The summed E-state index contributed by atoms with van der Waals surface area (Å²) in [5.41, 5.74) is 4.27. The first-order chi connectivity index (χ1) is 27.4. The molecule has 24 nitrogen and oxygen atoms in total. The quantitative estimate of drug-likeness (QED) is 0.0386. The standard InChI is InChI=1S/C31H52N7O17P3S/c1-19(2)9-7-5-6-8-10-22(40)59-14-13-33-21(39)11-12-34-29(43)26(42)31(3,4)16-52-58(49,50)55-57(47,48)51-15-20-25(54-56(44,45)46)24(41)30(53-20)38-18-37-23-27(32)35-17-36-28(23)38/h7,9,17-20,24-26,30,41-42H,5-6,8,10-16H2,1-4H3,(H,33,39)(H,34,43)(H,47,48)(H,49,50)(H2,32,35,36)(H2,44,45,46)/b9-7+/t20-,24-,25-,26+,30-/m1/s1. The molecule has 3 rings (SSSR count). The van der Waals surface area contributed by atoms with E-state index in [1.165, 1.54) is 13.8 Å². The zero-order valence-electron chi connectivity index (χ0n) is 32.6. The number of phosphoric ester groups is 3. The summed E-state index contributed by atoms with van der Waals surface area (Å²) in [6.07, 6.45) is 0.373. The molecule has 334 valence electrons. The first-order valence-electron chi connectivity index (χ1n) is 18.1. The number of unbranched alkanes of at least 4 members (excludes halogenated alkanes) is 2. The van der Waals surface area contributed by atoms with E-state index >= 15 is 0 Å². The maximum absolute atomic E-state index is 12.7. The highest BCUT2D eigenvalue weighted by Crippen LogP contribution is 2.61. The number of carbonyl (C=O) groups is 3. The number of aromatic nitrogens is 4. The SMILES string of the molecule is CC(C)/C=C/CCCCC(=O)SCCNC(=O)CCNC(=O)[C@H](O)C(C)(C)COP(=O)(O)OP(=O)(O)OC[C@H]1O[C@@H](n2cnc3c(N)ncnc32)[C@H](O)[C@@H]1OP(=O)(O)O. The van der Waals surface area contributed by atoms with E-state index in [4.69, 9.17) is 19.5 Å². The predicted octanol–water partition coefficient (Wildman–Crippen LogP) is 1.44. The minimum atomic E-state index is -5.57. The average molecular weight is 920 g/mol. The Morgan fingerprint density at radius 3 is 2.41 bits per heavy atom. The van der Waals surface area contributed by atoms with Crippen LogP contribution in [0.3, 0.4) is 0 Å². The number of nitrogens with one attached hydrogen (secondary N) is 2.